The molecule has 1 aliphatic rings. The van der Waals surface area contributed by atoms with Crippen molar-refractivity contribution in [1.29, 1.82) is 0 Å². The molecule has 216 valence electrons. The van der Waals surface area contributed by atoms with E-state index in [1.54, 1.807) is 13.8 Å². The molecule has 0 unspecified atom stereocenters. The summed E-state index contributed by atoms with van der Waals surface area (Å²) in [5, 5.41) is 3.05. The van der Waals surface area contributed by atoms with Crippen molar-refractivity contribution in [2.75, 3.05) is 31.5 Å². The van der Waals surface area contributed by atoms with Crippen LogP contribution in [-0.2, 0) is 16.6 Å². The first kappa shape index (κ1) is 29.2. The number of rotatable bonds is 8. The van der Waals surface area contributed by atoms with Crippen molar-refractivity contribution < 1.29 is 21.6 Å². The maximum absolute atomic E-state index is 14.8. The average molecular weight is 605 g/mol. The van der Waals surface area contributed by atoms with Gasteiger partial charge >= 0.3 is 0 Å². The first-order chi connectivity index (χ1) is 19.5. The molecule has 0 saturated carbocycles. The molecule has 13 heteroatoms. The standard InChI is InChI=1S/C28H28ClF3N6O2S/c1-17(20-9-6-10-21(24(20)30)26(31)32)33-27-22-15-23(25(29)36-28(22)35-18(2)34-27)41(39,40)38-13-11-37(12-14-38)16-19-7-4-3-5-8-19/h3-10,15,17,26H,11-14,16H2,1-2H3,(H,33,34,35,36)/t17-/m1/s1. The van der Waals surface area contributed by atoms with E-state index in [1.165, 1.54) is 22.5 Å². The van der Waals surface area contributed by atoms with Crippen LogP contribution < -0.4 is 5.32 Å². The molecule has 1 N–H and O–H groups in total. The van der Waals surface area contributed by atoms with Gasteiger partial charge in [-0.3, -0.25) is 4.90 Å². The van der Waals surface area contributed by atoms with Crippen LogP contribution in [0.25, 0.3) is 11.0 Å². The summed E-state index contributed by atoms with van der Waals surface area (Å²) in [5.74, 6) is -0.536. The van der Waals surface area contributed by atoms with E-state index >= 15 is 0 Å². The molecular formula is C28H28ClF3N6O2S. The number of anilines is 1. The third-order valence-corrected chi connectivity index (χ3v) is 9.34. The van der Waals surface area contributed by atoms with Gasteiger partial charge in [-0.15, -0.1) is 0 Å². The Hall–Kier alpha value is -3.32. The van der Waals surface area contributed by atoms with Crippen molar-refractivity contribution in [2.24, 2.45) is 0 Å². The number of fused-ring (bicyclic) bond motifs is 1. The molecule has 41 heavy (non-hydrogen) atoms. The fraction of sp³-hybridized carbons (Fsp3) is 0.321. The lowest BCUT2D eigenvalue weighted by molar-refractivity contribution is 0.146. The van der Waals surface area contributed by atoms with Gasteiger partial charge in [0.1, 0.15) is 22.4 Å². The summed E-state index contributed by atoms with van der Waals surface area (Å²) in [6.07, 6.45) is -2.97. The van der Waals surface area contributed by atoms with Gasteiger partial charge in [-0.25, -0.2) is 36.5 Å². The summed E-state index contributed by atoms with van der Waals surface area (Å²) in [4.78, 5) is 14.9. The summed E-state index contributed by atoms with van der Waals surface area (Å²) < 4.78 is 70.1. The molecule has 0 bridgehead atoms. The van der Waals surface area contributed by atoms with Crippen LogP contribution in [0.2, 0.25) is 5.15 Å². The van der Waals surface area contributed by atoms with Gasteiger partial charge in [-0.2, -0.15) is 4.31 Å². The highest BCUT2D eigenvalue weighted by Crippen LogP contribution is 2.33. The van der Waals surface area contributed by atoms with E-state index in [0.29, 0.717) is 18.9 Å². The molecule has 1 fully saturated rings. The molecule has 0 amide bonds. The van der Waals surface area contributed by atoms with Crippen LogP contribution in [0.4, 0.5) is 19.0 Å². The van der Waals surface area contributed by atoms with E-state index < -0.39 is 33.9 Å². The second-order valence-electron chi connectivity index (χ2n) is 9.85. The highest BCUT2D eigenvalue weighted by molar-refractivity contribution is 7.89. The number of hydrogen-bond acceptors (Lipinski definition) is 7. The van der Waals surface area contributed by atoms with E-state index in [-0.39, 0.29) is 45.6 Å². The van der Waals surface area contributed by atoms with Gasteiger partial charge in [0.2, 0.25) is 10.0 Å². The van der Waals surface area contributed by atoms with Crippen LogP contribution in [0.3, 0.4) is 0 Å². The Bertz CT molecular complexity index is 1670. The second kappa shape index (κ2) is 11.9. The highest BCUT2D eigenvalue weighted by atomic mass is 35.5. The lowest BCUT2D eigenvalue weighted by atomic mass is 10.0. The Balaban J connectivity index is 1.42. The van der Waals surface area contributed by atoms with Crippen LogP contribution in [-0.4, -0.2) is 58.8 Å². The van der Waals surface area contributed by atoms with Crippen molar-refractivity contribution >= 4 is 38.5 Å². The predicted molar refractivity (Wildman–Crippen MR) is 151 cm³/mol. The highest BCUT2D eigenvalue weighted by Gasteiger charge is 2.32. The Kier molecular flexibility index (Phi) is 8.46. The predicted octanol–water partition coefficient (Wildman–Crippen LogP) is 5.74. The monoisotopic (exact) mass is 604 g/mol. The minimum atomic E-state index is -4.02. The molecule has 1 saturated heterocycles. The summed E-state index contributed by atoms with van der Waals surface area (Å²) >= 11 is 6.39. The number of sulfonamides is 1. The Labute approximate surface area is 241 Å². The Morgan fingerprint density at radius 2 is 1.66 bits per heavy atom. The quantitative estimate of drug-likeness (QED) is 0.256. The second-order valence-corrected chi connectivity index (χ2v) is 12.1. The zero-order valence-corrected chi connectivity index (χ0v) is 23.9. The number of aromatic nitrogens is 3. The van der Waals surface area contributed by atoms with Gasteiger partial charge in [0.05, 0.1) is 17.0 Å². The lowest BCUT2D eigenvalue weighted by Gasteiger charge is -2.34. The van der Waals surface area contributed by atoms with E-state index in [1.807, 2.05) is 30.3 Å². The number of nitrogens with zero attached hydrogens (tertiary/aromatic N) is 5. The number of alkyl halides is 2. The number of benzene rings is 2. The minimum Gasteiger partial charge on any atom is -0.363 e. The third kappa shape index (κ3) is 6.15. The number of hydrogen-bond donors (Lipinski definition) is 1. The van der Waals surface area contributed by atoms with Crippen molar-refractivity contribution in [3.63, 3.8) is 0 Å². The van der Waals surface area contributed by atoms with Crippen molar-refractivity contribution in [2.45, 2.75) is 37.8 Å². The van der Waals surface area contributed by atoms with Crippen LogP contribution in [0.5, 0.6) is 0 Å². The first-order valence-electron chi connectivity index (χ1n) is 13.0. The normalized spacial score (nSPS) is 15.9. The third-order valence-electron chi connectivity index (χ3n) is 7.03. The summed E-state index contributed by atoms with van der Waals surface area (Å²) in [7, 11) is -4.02. The van der Waals surface area contributed by atoms with Gasteiger partial charge in [-0.1, -0.05) is 60.1 Å². The van der Waals surface area contributed by atoms with E-state index in [9.17, 15) is 21.6 Å². The average Bonchev–Trinajstić information content (AvgIpc) is 2.93. The first-order valence-corrected chi connectivity index (χ1v) is 14.8. The molecule has 1 atom stereocenters. The van der Waals surface area contributed by atoms with Crippen molar-refractivity contribution in [1.82, 2.24) is 24.2 Å². The fourth-order valence-electron chi connectivity index (χ4n) is 4.88. The number of nitrogens with one attached hydrogen (secondary N) is 1. The van der Waals surface area contributed by atoms with Gasteiger partial charge in [0, 0.05) is 38.3 Å². The number of pyridine rings is 1. The van der Waals surface area contributed by atoms with Crippen molar-refractivity contribution in [3.05, 3.63) is 88.1 Å². The molecule has 4 aromatic rings. The maximum atomic E-state index is 14.8. The van der Waals surface area contributed by atoms with Gasteiger partial charge in [-0.05, 0) is 25.5 Å². The molecule has 0 aliphatic carbocycles. The summed E-state index contributed by atoms with van der Waals surface area (Å²) in [6.45, 7) is 5.56. The van der Waals surface area contributed by atoms with Crippen LogP contribution in [0, 0.1) is 12.7 Å². The zero-order valence-electron chi connectivity index (χ0n) is 22.4. The number of halogens is 4. The van der Waals surface area contributed by atoms with Gasteiger partial charge in [0.15, 0.2) is 10.8 Å². The SMILES string of the molecule is Cc1nc(N[C@H](C)c2cccc(C(F)F)c2F)c2cc(S(=O)(=O)N3CCN(Cc4ccccc4)CC3)c(Cl)nc2n1. The number of aryl methyl sites for hydroxylation is 1. The molecule has 3 heterocycles. The summed E-state index contributed by atoms with van der Waals surface area (Å²) in [5.41, 5.74) is 0.600. The molecule has 2 aromatic heterocycles. The van der Waals surface area contributed by atoms with Gasteiger partial charge in [0.25, 0.3) is 6.43 Å². The van der Waals surface area contributed by atoms with E-state index in [4.69, 9.17) is 11.6 Å². The van der Waals surface area contributed by atoms with Crippen LogP contribution in [0.1, 0.15) is 41.9 Å². The zero-order chi connectivity index (χ0) is 29.3. The molecule has 0 radical (unpaired) electrons. The molecular weight excluding hydrogens is 577 g/mol. The number of piperazine rings is 1. The Morgan fingerprint density at radius 1 is 0.976 bits per heavy atom. The Morgan fingerprint density at radius 3 is 2.34 bits per heavy atom. The topological polar surface area (TPSA) is 91.3 Å². The molecule has 1 aliphatic heterocycles. The smallest absolute Gasteiger partial charge is 0.266 e. The van der Waals surface area contributed by atoms with E-state index in [0.717, 1.165) is 18.2 Å². The fourth-order valence-corrected chi connectivity index (χ4v) is 6.75. The molecule has 0 spiro atoms. The van der Waals surface area contributed by atoms with Crippen LogP contribution >= 0.6 is 11.6 Å². The summed E-state index contributed by atoms with van der Waals surface area (Å²) in [6, 6.07) is 14.3. The van der Waals surface area contributed by atoms with Crippen molar-refractivity contribution in [3.8, 4) is 0 Å². The molecule has 8 nitrogen and oxygen atoms in total. The lowest BCUT2D eigenvalue weighted by Crippen LogP contribution is -2.48. The molecule has 5 rings (SSSR count). The largest absolute Gasteiger partial charge is 0.363 e. The minimum absolute atomic E-state index is 0.00959. The van der Waals surface area contributed by atoms with Gasteiger partial charge < -0.3 is 5.32 Å². The van der Waals surface area contributed by atoms with E-state index in [2.05, 4.69) is 25.2 Å². The molecule has 2 aromatic carbocycles. The maximum Gasteiger partial charge on any atom is 0.266 e. The van der Waals surface area contributed by atoms with Crippen LogP contribution in [0.15, 0.2) is 59.5 Å².